The predicted octanol–water partition coefficient (Wildman–Crippen LogP) is 2.59. The second-order valence-electron chi connectivity index (χ2n) is 5.29. The molecule has 0 amide bonds. The Bertz CT molecular complexity index is 393. The fourth-order valence-electron chi connectivity index (χ4n) is 3.12. The Hall–Kier alpha value is -0.940. The second-order valence-corrected chi connectivity index (χ2v) is 5.29. The molecule has 1 aliphatic rings. The summed E-state index contributed by atoms with van der Waals surface area (Å²) in [6, 6.07) is 0.452. The lowest BCUT2D eigenvalue weighted by Crippen LogP contribution is -2.29. The van der Waals surface area contributed by atoms with Crippen LogP contribution >= 0.6 is 0 Å². The van der Waals surface area contributed by atoms with E-state index >= 15 is 0 Å². The number of likely N-dealkylation sites (N-methyl/N-ethyl adjacent to an activating group) is 1. The second kappa shape index (κ2) is 6.01. The molecule has 0 bridgehead atoms. The lowest BCUT2D eigenvalue weighted by Gasteiger charge is -2.26. The van der Waals surface area contributed by atoms with E-state index in [0.29, 0.717) is 17.8 Å². The molecule has 1 aromatic rings. The van der Waals surface area contributed by atoms with Crippen molar-refractivity contribution in [3.05, 3.63) is 11.7 Å². The molecule has 2 atom stereocenters. The van der Waals surface area contributed by atoms with Gasteiger partial charge in [-0.25, -0.2) is 0 Å². The minimum atomic E-state index is -0.407. The van der Waals surface area contributed by atoms with Crippen LogP contribution in [0.2, 0.25) is 0 Å². The zero-order valence-corrected chi connectivity index (χ0v) is 12.4. The highest BCUT2D eigenvalue weighted by molar-refractivity contribution is 5.07. The molecule has 0 saturated heterocycles. The predicted molar refractivity (Wildman–Crippen MR) is 73.0 cm³/mol. The lowest BCUT2D eigenvalue weighted by atomic mass is 9.96. The average molecular weight is 267 g/mol. The highest BCUT2D eigenvalue weighted by Crippen LogP contribution is 2.36. The zero-order chi connectivity index (χ0) is 13.9. The summed E-state index contributed by atoms with van der Waals surface area (Å²) in [5.74, 6) is 1.79. The summed E-state index contributed by atoms with van der Waals surface area (Å²) in [6.07, 6.45) is 5.20. The lowest BCUT2D eigenvalue weighted by molar-refractivity contribution is -0.0306. The maximum Gasteiger partial charge on any atom is 0.231 e. The normalized spacial score (nSPS) is 24.0. The molecule has 1 saturated carbocycles. The number of nitrogens with one attached hydrogen (secondary N) is 1. The van der Waals surface area contributed by atoms with Crippen molar-refractivity contribution in [3.63, 3.8) is 0 Å². The number of nitrogens with zero attached hydrogens (tertiary/aromatic N) is 2. The molecule has 2 rings (SSSR count). The van der Waals surface area contributed by atoms with Gasteiger partial charge < -0.3 is 14.6 Å². The van der Waals surface area contributed by atoms with Crippen LogP contribution in [0.15, 0.2) is 4.52 Å². The van der Waals surface area contributed by atoms with Gasteiger partial charge in [0.2, 0.25) is 11.7 Å². The molecule has 2 unspecified atom stereocenters. The van der Waals surface area contributed by atoms with Gasteiger partial charge in [-0.05, 0) is 32.7 Å². The van der Waals surface area contributed by atoms with Crippen LogP contribution in [-0.2, 0) is 10.3 Å². The van der Waals surface area contributed by atoms with Gasteiger partial charge in [0, 0.05) is 13.2 Å². The Morgan fingerprint density at radius 2 is 2.11 bits per heavy atom. The van der Waals surface area contributed by atoms with Crippen molar-refractivity contribution in [1.29, 1.82) is 0 Å². The maximum atomic E-state index is 5.65. The van der Waals surface area contributed by atoms with E-state index in [1.807, 2.05) is 7.05 Å². The van der Waals surface area contributed by atoms with Crippen molar-refractivity contribution in [2.45, 2.75) is 63.5 Å². The Morgan fingerprint density at radius 1 is 1.37 bits per heavy atom. The van der Waals surface area contributed by atoms with Gasteiger partial charge >= 0.3 is 0 Å². The number of methoxy groups -OCH3 is 1. The summed E-state index contributed by atoms with van der Waals surface area (Å²) in [6.45, 7) is 4.18. The van der Waals surface area contributed by atoms with Crippen molar-refractivity contribution in [2.75, 3.05) is 14.2 Å². The minimum Gasteiger partial charge on any atom is -0.370 e. The van der Waals surface area contributed by atoms with Crippen LogP contribution in [0.25, 0.3) is 0 Å². The Balaban J connectivity index is 2.23. The highest BCUT2D eigenvalue weighted by Gasteiger charge is 2.37. The van der Waals surface area contributed by atoms with Gasteiger partial charge in [0.05, 0.1) is 5.92 Å². The van der Waals surface area contributed by atoms with Gasteiger partial charge in [0.1, 0.15) is 5.60 Å². The molecule has 1 fully saturated rings. The highest BCUT2D eigenvalue weighted by atomic mass is 16.5. The quantitative estimate of drug-likeness (QED) is 0.858. The first kappa shape index (κ1) is 14.5. The third-order valence-electron chi connectivity index (χ3n) is 4.59. The van der Waals surface area contributed by atoms with Gasteiger partial charge in [0.15, 0.2) is 0 Å². The third kappa shape index (κ3) is 2.54. The molecule has 1 aliphatic carbocycles. The molecule has 1 N–H and O–H groups in total. The van der Waals surface area contributed by atoms with E-state index in [2.05, 4.69) is 29.3 Å². The number of hydrogen-bond acceptors (Lipinski definition) is 5. The van der Waals surface area contributed by atoms with Crippen molar-refractivity contribution in [2.24, 2.45) is 0 Å². The van der Waals surface area contributed by atoms with Crippen LogP contribution in [0.1, 0.15) is 63.6 Å². The molecule has 19 heavy (non-hydrogen) atoms. The average Bonchev–Trinajstić information content (AvgIpc) is 3.10. The van der Waals surface area contributed by atoms with E-state index in [0.717, 1.165) is 25.2 Å². The summed E-state index contributed by atoms with van der Waals surface area (Å²) in [5.41, 5.74) is -0.407. The molecular formula is C14H25N3O2. The molecule has 0 spiro atoms. The Labute approximate surface area is 115 Å². The van der Waals surface area contributed by atoms with Crippen LogP contribution in [0.3, 0.4) is 0 Å². The van der Waals surface area contributed by atoms with Gasteiger partial charge in [-0.3, -0.25) is 0 Å². The molecule has 5 nitrogen and oxygen atoms in total. The number of aromatic nitrogens is 2. The smallest absolute Gasteiger partial charge is 0.231 e. The number of rotatable bonds is 6. The van der Waals surface area contributed by atoms with Gasteiger partial charge in [0.25, 0.3) is 0 Å². The monoisotopic (exact) mass is 267 g/mol. The fraction of sp³-hybridized carbons (Fsp3) is 0.857. The molecule has 108 valence electrons. The Morgan fingerprint density at radius 3 is 2.68 bits per heavy atom. The van der Waals surface area contributed by atoms with Crippen molar-refractivity contribution in [1.82, 2.24) is 15.5 Å². The summed E-state index contributed by atoms with van der Waals surface area (Å²) >= 11 is 0. The maximum absolute atomic E-state index is 5.65. The summed E-state index contributed by atoms with van der Waals surface area (Å²) in [7, 11) is 3.72. The van der Waals surface area contributed by atoms with Crippen LogP contribution in [-0.4, -0.2) is 30.3 Å². The van der Waals surface area contributed by atoms with Gasteiger partial charge in [-0.1, -0.05) is 25.4 Å². The molecule has 0 radical (unpaired) electrons. The first-order chi connectivity index (χ1) is 9.20. The summed E-state index contributed by atoms with van der Waals surface area (Å²) in [5, 5.41) is 7.52. The Kier molecular flexibility index (Phi) is 4.58. The van der Waals surface area contributed by atoms with Gasteiger partial charge in [-0.2, -0.15) is 4.98 Å². The van der Waals surface area contributed by atoms with Crippen molar-refractivity contribution in [3.8, 4) is 0 Å². The van der Waals surface area contributed by atoms with Crippen molar-refractivity contribution >= 4 is 0 Å². The standard InChI is InChI=1S/C14H25N3O2/c1-5-14(6-2,18-4)13-16-12(19-17-13)10-8-7-9-11(10)15-3/h10-11,15H,5-9H2,1-4H3. The molecule has 1 heterocycles. The van der Waals surface area contributed by atoms with E-state index in [-0.39, 0.29) is 0 Å². The molecule has 0 aliphatic heterocycles. The summed E-state index contributed by atoms with van der Waals surface area (Å²) in [4.78, 5) is 4.63. The molecule has 5 heteroatoms. The van der Waals surface area contributed by atoms with E-state index in [1.54, 1.807) is 7.11 Å². The molecule has 0 aromatic carbocycles. The topological polar surface area (TPSA) is 60.2 Å². The molecular weight excluding hydrogens is 242 g/mol. The van der Waals surface area contributed by atoms with Gasteiger partial charge in [-0.15, -0.1) is 0 Å². The summed E-state index contributed by atoms with van der Waals surface area (Å²) < 4.78 is 11.2. The van der Waals surface area contributed by atoms with Crippen LogP contribution in [0.5, 0.6) is 0 Å². The van der Waals surface area contributed by atoms with E-state index < -0.39 is 5.60 Å². The van der Waals surface area contributed by atoms with Crippen molar-refractivity contribution < 1.29 is 9.26 Å². The number of hydrogen-bond donors (Lipinski definition) is 1. The van der Waals surface area contributed by atoms with Crippen LogP contribution in [0.4, 0.5) is 0 Å². The first-order valence-corrected chi connectivity index (χ1v) is 7.27. The van der Waals surface area contributed by atoms with E-state index in [9.17, 15) is 0 Å². The van der Waals surface area contributed by atoms with Crippen LogP contribution < -0.4 is 5.32 Å². The molecule has 1 aromatic heterocycles. The van der Waals surface area contributed by atoms with Crippen LogP contribution in [0, 0.1) is 0 Å². The SMILES string of the molecule is CCC(CC)(OC)c1noc(C2CCCC2NC)n1. The van der Waals surface area contributed by atoms with E-state index in [1.165, 1.54) is 12.8 Å². The largest absolute Gasteiger partial charge is 0.370 e. The zero-order valence-electron chi connectivity index (χ0n) is 12.4. The fourth-order valence-corrected chi connectivity index (χ4v) is 3.12. The number of ether oxygens (including phenoxy) is 1. The minimum absolute atomic E-state index is 0.342. The first-order valence-electron chi connectivity index (χ1n) is 7.27. The van der Waals surface area contributed by atoms with E-state index in [4.69, 9.17) is 9.26 Å². The third-order valence-corrected chi connectivity index (χ3v) is 4.59.